The van der Waals surface area contributed by atoms with Crippen molar-refractivity contribution in [3.8, 4) is 0 Å². The van der Waals surface area contributed by atoms with E-state index in [1.165, 1.54) is 205 Å². The molecular formula is C55H106O6. The van der Waals surface area contributed by atoms with Crippen LogP contribution in [0, 0.1) is 5.92 Å². The molecule has 6 heteroatoms. The van der Waals surface area contributed by atoms with Gasteiger partial charge in [-0.25, -0.2) is 0 Å². The van der Waals surface area contributed by atoms with Gasteiger partial charge in [0.15, 0.2) is 6.10 Å². The van der Waals surface area contributed by atoms with E-state index in [-0.39, 0.29) is 31.1 Å². The molecule has 0 rings (SSSR count). The van der Waals surface area contributed by atoms with Gasteiger partial charge in [-0.15, -0.1) is 0 Å². The summed E-state index contributed by atoms with van der Waals surface area (Å²) in [5.41, 5.74) is 0. The van der Waals surface area contributed by atoms with Crippen LogP contribution >= 0.6 is 0 Å². The van der Waals surface area contributed by atoms with Crippen LogP contribution in [0.5, 0.6) is 0 Å². The van der Waals surface area contributed by atoms with Crippen LogP contribution < -0.4 is 0 Å². The molecule has 362 valence electrons. The molecule has 0 fully saturated rings. The first-order valence-electron chi connectivity index (χ1n) is 27.4. The Morgan fingerprint density at radius 1 is 0.328 bits per heavy atom. The summed E-state index contributed by atoms with van der Waals surface area (Å²) in [6.45, 7) is 9.06. The first-order chi connectivity index (χ1) is 29.9. The van der Waals surface area contributed by atoms with E-state index in [1.54, 1.807) is 0 Å². The molecule has 61 heavy (non-hydrogen) atoms. The van der Waals surface area contributed by atoms with Gasteiger partial charge in [0.05, 0.1) is 0 Å². The van der Waals surface area contributed by atoms with Crippen LogP contribution in [-0.4, -0.2) is 37.2 Å². The molecule has 0 heterocycles. The van der Waals surface area contributed by atoms with E-state index in [9.17, 15) is 14.4 Å². The molecule has 0 aromatic rings. The third kappa shape index (κ3) is 47.7. The molecule has 0 bridgehead atoms. The normalized spacial score (nSPS) is 12.4. The lowest BCUT2D eigenvalue weighted by molar-refractivity contribution is -0.167. The molecule has 0 aromatic heterocycles. The molecule has 0 saturated carbocycles. The number of rotatable bonds is 50. The van der Waals surface area contributed by atoms with Crippen molar-refractivity contribution in [2.75, 3.05) is 13.2 Å². The van der Waals surface area contributed by atoms with Crippen LogP contribution in [0.4, 0.5) is 0 Å². The van der Waals surface area contributed by atoms with Crippen molar-refractivity contribution in [2.45, 2.75) is 316 Å². The molecule has 0 saturated heterocycles. The van der Waals surface area contributed by atoms with Gasteiger partial charge >= 0.3 is 17.9 Å². The monoisotopic (exact) mass is 863 g/mol. The first kappa shape index (κ1) is 59.4. The molecule has 0 aliphatic rings. The van der Waals surface area contributed by atoms with Gasteiger partial charge in [-0.1, -0.05) is 272 Å². The lowest BCUT2D eigenvalue weighted by atomic mass is 9.99. The van der Waals surface area contributed by atoms with E-state index in [2.05, 4.69) is 27.7 Å². The second-order valence-electron chi connectivity index (χ2n) is 19.1. The molecule has 0 aromatic carbocycles. The second-order valence-corrected chi connectivity index (χ2v) is 19.1. The summed E-state index contributed by atoms with van der Waals surface area (Å²) < 4.78 is 16.8. The van der Waals surface area contributed by atoms with Crippen molar-refractivity contribution in [3.05, 3.63) is 0 Å². The van der Waals surface area contributed by atoms with Gasteiger partial charge in [0.25, 0.3) is 0 Å². The summed E-state index contributed by atoms with van der Waals surface area (Å²) in [6.07, 6.45) is 52.3. The van der Waals surface area contributed by atoms with E-state index < -0.39 is 6.10 Å². The van der Waals surface area contributed by atoms with E-state index in [0.717, 1.165) is 63.7 Å². The Morgan fingerprint density at radius 2 is 0.574 bits per heavy atom. The zero-order valence-electron chi connectivity index (χ0n) is 41.6. The zero-order valence-corrected chi connectivity index (χ0v) is 41.6. The number of ether oxygens (including phenoxy) is 3. The highest BCUT2D eigenvalue weighted by molar-refractivity contribution is 5.71. The minimum Gasteiger partial charge on any atom is -0.462 e. The third-order valence-corrected chi connectivity index (χ3v) is 12.9. The van der Waals surface area contributed by atoms with Crippen molar-refractivity contribution in [1.82, 2.24) is 0 Å². The van der Waals surface area contributed by atoms with Gasteiger partial charge < -0.3 is 14.2 Å². The summed E-state index contributed by atoms with van der Waals surface area (Å²) in [5, 5.41) is 0. The van der Waals surface area contributed by atoms with Crippen LogP contribution in [0.1, 0.15) is 310 Å². The van der Waals surface area contributed by atoms with Crippen LogP contribution in [0.25, 0.3) is 0 Å². The number of esters is 3. The highest BCUT2D eigenvalue weighted by Gasteiger charge is 2.19. The fourth-order valence-electron chi connectivity index (χ4n) is 8.36. The number of carbonyl (C=O) groups excluding carboxylic acids is 3. The van der Waals surface area contributed by atoms with E-state index in [4.69, 9.17) is 14.2 Å². The molecular weight excluding hydrogens is 757 g/mol. The Hall–Kier alpha value is -1.59. The number of hydrogen-bond donors (Lipinski definition) is 0. The maximum Gasteiger partial charge on any atom is 0.306 e. The van der Waals surface area contributed by atoms with Crippen LogP contribution in [0.15, 0.2) is 0 Å². The maximum absolute atomic E-state index is 12.8. The Labute approximate surface area is 380 Å². The van der Waals surface area contributed by atoms with E-state index in [0.29, 0.717) is 19.3 Å². The number of hydrogen-bond acceptors (Lipinski definition) is 6. The lowest BCUT2D eigenvalue weighted by Gasteiger charge is -2.18. The average Bonchev–Trinajstić information content (AvgIpc) is 3.26. The molecule has 0 aliphatic heterocycles. The van der Waals surface area contributed by atoms with Gasteiger partial charge in [-0.05, 0) is 25.2 Å². The van der Waals surface area contributed by atoms with Gasteiger partial charge in [0, 0.05) is 19.3 Å². The van der Waals surface area contributed by atoms with Gasteiger partial charge in [0.1, 0.15) is 13.2 Å². The summed E-state index contributed by atoms with van der Waals surface area (Å²) in [6, 6.07) is 0. The first-order valence-corrected chi connectivity index (χ1v) is 27.4. The largest absolute Gasteiger partial charge is 0.462 e. The molecule has 0 spiro atoms. The fraction of sp³-hybridized carbons (Fsp3) is 0.945. The molecule has 0 aliphatic carbocycles. The topological polar surface area (TPSA) is 78.9 Å². The zero-order chi connectivity index (χ0) is 44.5. The van der Waals surface area contributed by atoms with E-state index >= 15 is 0 Å². The Morgan fingerprint density at radius 3 is 0.852 bits per heavy atom. The highest BCUT2D eigenvalue weighted by atomic mass is 16.6. The van der Waals surface area contributed by atoms with E-state index in [1.807, 2.05) is 0 Å². The number of carbonyl (C=O) groups is 3. The molecule has 0 radical (unpaired) electrons. The minimum atomic E-state index is -0.761. The van der Waals surface area contributed by atoms with Gasteiger partial charge in [-0.3, -0.25) is 14.4 Å². The summed E-state index contributed by atoms with van der Waals surface area (Å²) in [5.74, 6) is 0.0280. The fourth-order valence-corrected chi connectivity index (χ4v) is 8.36. The van der Waals surface area contributed by atoms with Crippen molar-refractivity contribution in [2.24, 2.45) is 5.92 Å². The van der Waals surface area contributed by atoms with Crippen LogP contribution in [0.3, 0.4) is 0 Å². The quantitative estimate of drug-likeness (QED) is 0.0344. The number of unbranched alkanes of at least 4 members (excludes halogenated alkanes) is 36. The van der Waals surface area contributed by atoms with Gasteiger partial charge in [0.2, 0.25) is 0 Å². The summed E-state index contributed by atoms with van der Waals surface area (Å²) in [4.78, 5) is 38.0. The summed E-state index contributed by atoms with van der Waals surface area (Å²) in [7, 11) is 0. The molecule has 0 N–H and O–H groups in total. The molecule has 6 nitrogen and oxygen atoms in total. The Bertz CT molecular complexity index is 920. The average molecular weight is 863 g/mol. The molecule has 1 unspecified atom stereocenters. The van der Waals surface area contributed by atoms with Crippen LogP contribution in [-0.2, 0) is 28.6 Å². The lowest BCUT2D eigenvalue weighted by Crippen LogP contribution is -2.30. The van der Waals surface area contributed by atoms with Crippen molar-refractivity contribution >= 4 is 17.9 Å². The Kier molecular flexibility index (Phi) is 48.1. The SMILES string of the molecule is CCCCCCCCCCCCCCCCCCCCC(=O)OC[C@H](COC(=O)CCCCCCCCCCCCC(C)CC)OC(=O)CCCCCCCCCCCCC. The predicted octanol–water partition coefficient (Wildman–Crippen LogP) is 17.8. The van der Waals surface area contributed by atoms with Crippen LogP contribution in [0.2, 0.25) is 0 Å². The standard InChI is InChI=1S/C55H106O6/c1-5-8-10-12-14-16-18-19-20-21-22-23-24-26-30-34-38-42-46-53(56)59-49-52(61-55(58)48-44-40-36-32-25-17-15-13-11-9-6-2)50-60-54(57)47-43-39-35-31-28-27-29-33-37-41-45-51(4)7-3/h51-52H,5-50H2,1-4H3/t51?,52-/m1/s1. The summed E-state index contributed by atoms with van der Waals surface area (Å²) >= 11 is 0. The highest BCUT2D eigenvalue weighted by Crippen LogP contribution is 2.18. The second kappa shape index (κ2) is 49.4. The van der Waals surface area contributed by atoms with Crippen molar-refractivity contribution < 1.29 is 28.6 Å². The molecule has 2 atom stereocenters. The minimum absolute atomic E-state index is 0.0625. The Balaban J connectivity index is 4.26. The van der Waals surface area contributed by atoms with Gasteiger partial charge in [-0.2, -0.15) is 0 Å². The maximum atomic E-state index is 12.8. The predicted molar refractivity (Wildman–Crippen MR) is 261 cm³/mol. The smallest absolute Gasteiger partial charge is 0.306 e. The van der Waals surface area contributed by atoms with Crippen molar-refractivity contribution in [1.29, 1.82) is 0 Å². The van der Waals surface area contributed by atoms with Crippen molar-refractivity contribution in [3.63, 3.8) is 0 Å². The third-order valence-electron chi connectivity index (χ3n) is 12.9. The molecule has 0 amide bonds.